The predicted octanol–water partition coefficient (Wildman–Crippen LogP) is 3.01. The first-order valence-electron chi connectivity index (χ1n) is 9.61. The molecule has 164 valence electrons. The number of hydrogen-bond acceptors (Lipinski definition) is 4. The van der Waals surface area contributed by atoms with E-state index in [-0.39, 0.29) is 24.0 Å². The largest absolute Gasteiger partial charge is 0.416 e. The van der Waals surface area contributed by atoms with Gasteiger partial charge in [-0.1, -0.05) is 12.1 Å². The number of rotatable bonds is 3. The molecule has 1 aromatic heterocycles. The molecule has 1 aromatic carbocycles. The number of benzene rings is 1. The molecule has 0 bridgehead atoms. The third kappa shape index (κ3) is 4.88. The van der Waals surface area contributed by atoms with Crippen molar-refractivity contribution in [3.8, 4) is 0 Å². The lowest BCUT2D eigenvalue weighted by atomic mass is 10.0. The van der Waals surface area contributed by atoms with Crippen LogP contribution in [0.1, 0.15) is 35.3 Å². The first-order chi connectivity index (χ1) is 14.0. The maximum Gasteiger partial charge on any atom is 0.416 e. The molecule has 3 heterocycles. The van der Waals surface area contributed by atoms with Gasteiger partial charge in [0.05, 0.1) is 25.3 Å². The van der Waals surface area contributed by atoms with Gasteiger partial charge in [0.2, 0.25) is 0 Å². The number of nitrogens with one attached hydrogen (secondary N) is 1. The van der Waals surface area contributed by atoms with E-state index in [1.54, 1.807) is 13.1 Å². The number of hydrogen-bond donors (Lipinski definition) is 1. The van der Waals surface area contributed by atoms with Crippen LogP contribution in [0.5, 0.6) is 0 Å². The molecule has 0 amide bonds. The van der Waals surface area contributed by atoms with Crippen LogP contribution in [0.4, 0.5) is 13.2 Å². The highest BCUT2D eigenvalue weighted by atomic mass is 127. The zero-order valence-electron chi connectivity index (χ0n) is 16.5. The highest BCUT2D eigenvalue weighted by molar-refractivity contribution is 14.0. The van der Waals surface area contributed by atoms with Crippen molar-refractivity contribution >= 4 is 29.9 Å². The quantitative estimate of drug-likeness (QED) is 0.372. The number of ether oxygens (including phenoxy) is 1. The fourth-order valence-electron chi connectivity index (χ4n) is 3.79. The van der Waals surface area contributed by atoms with Gasteiger partial charge in [-0.05, 0) is 24.1 Å². The van der Waals surface area contributed by atoms with Gasteiger partial charge in [-0.25, -0.2) is 0 Å². The Morgan fingerprint density at radius 3 is 2.90 bits per heavy atom. The second-order valence-corrected chi connectivity index (χ2v) is 7.12. The lowest BCUT2D eigenvalue weighted by molar-refractivity contribution is -0.137. The van der Waals surface area contributed by atoms with E-state index in [1.807, 2.05) is 4.90 Å². The molecule has 0 spiro atoms. The fraction of sp³-hybridized carbons (Fsp3) is 0.526. The van der Waals surface area contributed by atoms with Gasteiger partial charge < -0.3 is 19.5 Å². The van der Waals surface area contributed by atoms with Gasteiger partial charge in [0.1, 0.15) is 11.9 Å². The highest BCUT2D eigenvalue weighted by Gasteiger charge is 2.32. The third-order valence-corrected chi connectivity index (χ3v) is 5.25. The van der Waals surface area contributed by atoms with Crippen molar-refractivity contribution in [2.75, 3.05) is 26.7 Å². The number of alkyl halides is 3. The summed E-state index contributed by atoms with van der Waals surface area (Å²) in [6.45, 7) is 2.84. The lowest BCUT2D eigenvalue weighted by Gasteiger charge is -2.35. The van der Waals surface area contributed by atoms with Crippen molar-refractivity contribution in [1.29, 1.82) is 0 Å². The van der Waals surface area contributed by atoms with E-state index < -0.39 is 17.8 Å². The zero-order valence-corrected chi connectivity index (χ0v) is 18.9. The van der Waals surface area contributed by atoms with Crippen LogP contribution >= 0.6 is 24.0 Å². The summed E-state index contributed by atoms with van der Waals surface area (Å²) in [5.74, 6) is 2.54. The molecule has 1 atom stereocenters. The minimum Gasteiger partial charge on any atom is -0.370 e. The number of aliphatic imine (C=N–C) groups is 1. The van der Waals surface area contributed by atoms with E-state index in [9.17, 15) is 13.2 Å². The number of aromatic nitrogens is 3. The van der Waals surface area contributed by atoms with Crippen LogP contribution in [0.3, 0.4) is 0 Å². The van der Waals surface area contributed by atoms with Gasteiger partial charge in [0, 0.05) is 26.6 Å². The normalized spacial score (nSPS) is 19.4. The Morgan fingerprint density at radius 1 is 1.30 bits per heavy atom. The predicted molar refractivity (Wildman–Crippen MR) is 116 cm³/mol. The molecule has 7 nitrogen and oxygen atoms in total. The van der Waals surface area contributed by atoms with E-state index in [0.717, 1.165) is 43.2 Å². The Labute approximate surface area is 189 Å². The highest BCUT2D eigenvalue weighted by Crippen LogP contribution is 2.32. The molecule has 0 aliphatic carbocycles. The molecule has 1 N–H and O–H groups in total. The smallest absolute Gasteiger partial charge is 0.370 e. The molecule has 1 fully saturated rings. The van der Waals surface area contributed by atoms with E-state index in [4.69, 9.17) is 4.74 Å². The Kier molecular flexibility index (Phi) is 7.22. The average Bonchev–Trinajstić information content (AvgIpc) is 3.33. The topological polar surface area (TPSA) is 67.6 Å². The number of fused-ring (bicyclic) bond motifs is 1. The standard InChI is InChI=1S/C19H23F3N6O.HI/c1-23-18(24-11-17-26-25-16-6-3-7-28(16)17)27-8-9-29-15(12-27)13-4-2-5-14(10-13)19(20,21)22;/h2,4-5,10,15H,3,6-9,11-12H2,1H3,(H,23,24);1H. The van der Waals surface area contributed by atoms with Crippen LogP contribution in [-0.2, 0) is 30.4 Å². The molecule has 0 saturated carbocycles. The van der Waals surface area contributed by atoms with Crippen LogP contribution in [0.2, 0.25) is 0 Å². The maximum atomic E-state index is 13.0. The van der Waals surface area contributed by atoms with Crippen LogP contribution in [0.15, 0.2) is 29.3 Å². The average molecular weight is 536 g/mol. The first kappa shape index (κ1) is 22.8. The Bertz CT molecular complexity index is 901. The molecule has 1 unspecified atom stereocenters. The molecule has 1 saturated heterocycles. The van der Waals surface area contributed by atoms with Gasteiger partial charge in [0.15, 0.2) is 11.8 Å². The second-order valence-electron chi connectivity index (χ2n) is 7.12. The summed E-state index contributed by atoms with van der Waals surface area (Å²) in [6, 6.07) is 5.31. The molecule has 30 heavy (non-hydrogen) atoms. The summed E-state index contributed by atoms with van der Waals surface area (Å²) in [5.41, 5.74) is -0.158. The molecule has 0 radical (unpaired) electrons. The minimum atomic E-state index is -4.37. The first-order valence-corrected chi connectivity index (χ1v) is 9.61. The summed E-state index contributed by atoms with van der Waals surface area (Å²) in [4.78, 5) is 6.32. The maximum absolute atomic E-state index is 13.0. The molecule has 2 aliphatic rings. The summed E-state index contributed by atoms with van der Waals surface area (Å²) >= 11 is 0. The molecule has 2 aromatic rings. The Hall–Kier alpha value is -1.89. The summed E-state index contributed by atoms with van der Waals surface area (Å²) < 4.78 is 47.0. The van der Waals surface area contributed by atoms with E-state index >= 15 is 0 Å². The number of halogens is 4. The SMILES string of the molecule is CN=C(NCc1nnc2n1CCC2)N1CCOC(c2cccc(C(F)(F)F)c2)C1.I. The number of guanidine groups is 1. The summed E-state index contributed by atoms with van der Waals surface area (Å²) in [6.07, 6.45) is -2.80. The Morgan fingerprint density at radius 2 is 2.13 bits per heavy atom. The van der Waals surface area contributed by atoms with E-state index in [2.05, 4.69) is 25.1 Å². The van der Waals surface area contributed by atoms with E-state index in [1.165, 1.54) is 6.07 Å². The summed E-state index contributed by atoms with van der Waals surface area (Å²) in [7, 11) is 1.69. The van der Waals surface area contributed by atoms with Crippen LogP contribution < -0.4 is 5.32 Å². The van der Waals surface area contributed by atoms with Crippen LogP contribution in [0, 0.1) is 0 Å². The van der Waals surface area contributed by atoms with Crippen molar-refractivity contribution in [3.05, 3.63) is 47.0 Å². The van der Waals surface area contributed by atoms with Gasteiger partial charge in [-0.2, -0.15) is 13.2 Å². The third-order valence-electron chi connectivity index (χ3n) is 5.25. The number of aryl methyl sites for hydroxylation is 1. The van der Waals surface area contributed by atoms with Crippen LogP contribution in [-0.4, -0.2) is 52.4 Å². The fourth-order valence-corrected chi connectivity index (χ4v) is 3.79. The molecule has 11 heteroatoms. The second kappa shape index (κ2) is 9.50. The van der Waals surface area contributed by atoms with Crippen LogP contribution in [0.25, 0.3) is 0 Å². The van der Waals surface area contributed by atoms with Gasteiger partial charge in [-0.3, -0.25) is 4.99 Å². The van der Waals surface area contributed by atoms with Crippen molar-refractivity contribution in [2.24, 2.45) is 4.99 Å². The van der Waals surface area contributed by atoms with Gasteiger partial charge >= 0.3 is 6.18 Å². The number of nitrogens with zero attached hydrogens (tertiary/aromatic N) is 5. The lowest BCUT2D eigenvalue weighted by Crippen LogP contribution is -2.48. The summed E-state index contributed by atoms with van der Waals surface area (Å²) in [5, 5.41) is 11.7. The Balaban J connectivity index is 0.00000256. The van der Waals surface area contributed by atoms with Gasteiger partial charge in [0.25, 0.3) is 0 Å². The molecular formula is C19H24F3IN6O. The molecule has 2 aliphatic heterocycles. The zero-order chi connectivity index (χ0) is 20.4. The number of morpholine rings is 1. The molecule has 4 rings (SSSR count). The molecular weight excluding hydrogens is 512 g/mol. The van der Waals surface area contributed by atoms with E-state index in [0.29, 0.717) is 37.8 Å². The minimum absolute atomic E-state index is 0. The van der Waals surface area contributed by atoms with Crippen molar-refractivity contribution in [2.45, 2.75) is 38.2 Å². The monoisotopic (exact) mass is 536 g/mol. The van der Waals surface area contributed by atoms with Gasteiger partial charge in [-0.15, -0.1) is 34.2 Å². The van der Waals surface area contributed by atoms with Crippen molar-refractivity contribution in [3.63, 3.8) is 0 Å². The van der Waals surface area contributed by atoms with Crippen molar-refractivity contribution < 1.29 is 17.9 Å². The van der Waals surface area contributed by atoms with Crippen molar-refractivity contribution in [1.82, 2.24) is 25.0 Å².